The van der Waals surface area contributed by atoms with E-state index in [2.05, 4.69) is 0 Å². The van der Waals surface area contributed by atoms with E-state index >= 15 is 0 Å². The maximum Gasteiger partial charge on any atom is 2.00 e. The molecule has 0 amide bonds. The van der Waals surface area contributed by atoms with Gasteiger partial charge in [0.15, 0.2) is 0 Å². The zero-order chi connectivity index (χ0) is 7.15. The summed E-state index contributed by atoms with van der Waals surface area (Å²) in [7, 11) is 0. The molecule has 10 heavy (non-hydrogen) atoms. The second-order valence-electron chi connectivity index (χ2n) is 0.447. The molecule has 0 spiro atoms. The van der Waals surface area contributed by atoms with Crippen molar-refractivity contribution in [3.05, 3.63) is 30.6 Å². The molecule has 0 fully saturated rings. The third kappa shape index (κ3) is 885. The fourth-order valence-electron chi connectivity index (χ4n) is 0. The van der Waals surface area contributed by atoms with Gasteiger partial charge in [-0.1, -0.05) is 0 Å². The largest absolute Gasteiger partial charge is 2.00 e. The summed E-state index contributed by atoms with van der Waals surface area (Å²) in [6, 6.07) is 0. The molecule has 0 N–H and O–H groups in total. The molecule has 0 aliphatic rings. The average Bonchev–Trinajstić information content (AvgIpc) is 1.25. The third-order valence-corrected chi connectivity index (χ3v) is 0. The van der Waals surface area contributed by atoms with E-state index in [4.69, 9.17) is 30.6 Å². The Hall–Kier alpha value is -0.587. The molecule has 0 atom stereocenters. The third-order valence-electron chi connectivity index (χ3n) is 0. The maximum atomic E-state index is 8.25. The van der Waals surface area contributed by atoms with E-state index in [1.165, 1.54) is 0 Å². The molecule has 0 unspecified atom stereocenters. The first-order valence-corrected chi connectivity index (χ1v) is 1.10. The van der Waals surface area contributed by atoms with Crippen LogP contribution in [0.2, 0.25) is 0 Å². The Morgan fingerprint density at radius 1 is 0.800 bits per heavy atom. The van der Waals surface area contributed by atoms with E-state index in [0.29, 0.717) is 0 Å². The molecule has 61 valence electrons. The first kappa shape index (κ1) is 22.7. The fraction of sp³-hybridized carbons (Fsp3) is 0. The van der Waals surface area contributed by atoms with Gasteiger partial charge in [-0.2, -0.15) is 0 Å². The zero-order valence-corrected chi connectivity index (χ0v) is 6.21. The van der Waals surface area contributed by atoms with E-state index in [-0.39, 0.29) is 33.6 Å². The van der Waals surface area contributed by atoms with Gasteiger partial charge in [-0.15, -0.1) is 0 Å². The van der Waals surface area contributed by atoms with Crippen molar-refractivity contribution in [1.82, 2.24) is 0 Å². The van der Waals surface area contributed by atoms with Crippen molar-refractivity contribution < 1.29 is 43.7 Å². The minimum absolute atomic E-state index is 0. The van der Waals surface area contributed by atoms with Crippen molar-refractivity contribution in [2.24, 2.45) is 0 Å². The van der Waals surface area contributed by atoms with Gasteiger partial charge >= 0.3 is 33.6 Å². The first-order chi connectivity index (χ1) is 3.46. The molecule has 10 heteroatoms. The van der Waals surface area contributed by atoms with Crippen LogP contribution in [0.1, 0.15) is 0 Å². The van der Waals surface area contributed by atoms with Gasteiger partial charge in [-0.25, -0.2) is 0 Å². The number of nitrogens with zero attached hydrogens (tertiary/aromatic N) is 2. The van der Waals surface area contributed by atoms with Crippen LogP contribution in [0.3, 0.4) is 0 Å². The summed E-state index contributed by atoms with van der Waals surface area (Å²) < 4.78 is 0. The second-order valence-corrected chi connectivity index (χ2v) is 0.447. The summed E-state index contributed by atoms with van der Waals surface area (Å²) in [5.74, 6) is 0. The smallest absolute Gasteiger partial charge is 0.356 e. The summed E-state index contributed by atoms with van der Waals surface area (Å²) in [5.41, 5.74) is 0. The molecule has 0 aliphatic carbocycles. The molecular formula is MnN2NiO6+2. The van der Waals surface area contributed by atoms with Gasteiger partial charge in [-0.3, -0.25) is 0 Å². The van der Waals surface area contributed by atoms with Crippen molar-refractivity contribution in [1.29, 1.82) is 0 Å². The first-order valence-electron chi connectivity index (χ1n) is 1.10. The topological polar surface area (TPSA) is 132 Å². The van der Waals surface area contributed by atoms with E-state index in [0.717, 1.165) is 0 Å². The molecule has 1 radical (unpaired) electrons. The molecule has 0 saturated carbocycles. The second kappa shape index (κ2) is 15.8. The fourth-order valence-corrected chi connectivity index (χ4v) is 0. The van der Waals surface area contributed by atoms with Crippen LogP contribution in [-0.2, 0) is 33.6 Å². The molecule has 0 saturated heterocycles. The number of hydrogen-bond donors (Lipinski definition) is 0. The van der Waals surface area contributed by atoms with Crippen LogP contribution in [0.15, 0.2) is 0 Å². The van der Waals surface area contributed by atoms with Crippen molar-refractivity contribution in [3.63, 3.8) is 0 Å². The Bertz CT molecular complexity index is 73.7. The van der Waals surface area contributed by atoms with Crippen LogP contribution < -0.4 is 0 Å². The Morgan fingerprint density at radius 3 is 0.800 bits per heavy atom. The molecule has 0 aromatic rings. The summed E-state index contributed by atoms with van der Waals surface area (Å²) >= 11 is 0. The normalized spacial score (nSPS) is 4.80. The van der Waals surface area contributed by atoms with Crippen molar-refractivity contribution in [2.75, 3.05) is 0 Å². The van der Waals surface area contributed by atoms with E-state index in [1.807, 2.05) is 0 Å². The Morgan fingerprint density at radius 2 is 0.800 bits per heavy atom. The molecule has 0 aromatic heterocycles. The molecule has 0 aliphatic heterocycles. The van der Waals surface area contributed by atoms with Gasteiger partial charge in [0.05, 0.1) is 10.2 Å². The summed E-state index contributed by atoms with van der Waals surface area (Å²) in [6.45, 7) is 0. The quantitative estimate of drug-likeness (QED) is 0.317. The molecule has 0 bridgehead atoms. The minimum Gasteiger partial charge on any atom is -0.356 e. The Labute approximate surface area is 74.8 Å². The summed E-state index contributed by atoms with van der Waals surface area (Å²) in [4.78, 5) is 16.5. The van der Waals surface area contributed by atoms with Gasteiger partial charge in [0.1, 0.15) is 0 Å². The summed E-state index contributed by atoms with van der Waals surface area (Å²) in [6.07, 6.45) is 0. The van der Waals surface area contributed by atoms with Crippen molar-refractivity contribution >= 4 is 0 Å². The van der Waals surface area contributed by atoms with E-state index < -0.39 is 10.2 Å². The van der Waals surface area contributed by atoms with Crippen LogP contribution >= 0.6 is 0 Å². The average molecular weight is 238 g/mol. The van der Waals surface area contributed by atoms with Crippen LogP contribution in [0.5, 0.6) is 0 Å². The number of hydrogen-bond acceptors (Lipinski definition) is 6. The summed E-state index contributed by atoms with van der Waals surface area (Å²) in [5, 5.41) is 29.5. The molecule has 0 aromatic carbocycles. The maximum absolute atomic E-state index is 8.25. The van der Waals surface area contributed by atoms with Crippen molar-refractivity contribution in [3.8, 4) is 0 Å². The van der Waals surface area contributed by atoms with E-state index in [9.17, 15) is 0 Å². The monoisotopic (exact) mass is 237 g/mol. The van der Waals surface area contributed by atoms with Crippen LogP contribution in [0.25, 0.3) is 0 Å². The standard InChI is InChI=1S/Mn.2NO3.Ni/c;2*2-1(3)4;/q+2;2*-1;+2. The molecule has 8 nitrogen and oxygen atoms in total. The zero-order valence-electron chi connectivity index (χ0n) is 4.04. The molecule has 0 rings (SSSR count). The Kier molecular flexibility index (Phi) is 35.9. The van der Waals surface area contributed by atoms with Crippen LogP contribution in [0.4, 0.5) is 0 Å². The Balaban J connectivity index is -0.0000000300. The van der Waals surface area contributed by atoms with Gasteiger partial charge in [0.25, 0.3) is 0 Å². The predicted molar refractivity (Wildman–Crippen MR) is 20.7 cm³/mol. The van der Waals surface area contributed by atoms with Gasteiger partial charge in [0, 0.05) is 0 Å². The van der Waals surface area contributed by atoms with Crippen molar-refractivity contribution in [2.45, 2.75) is 0 Å². The number of rotatable bonds is 0. The predicted octanol–water partition coefficient (Wildman–Crippen LogP) is -0.483. The SMILES string of the molecule is O=[N+]([O-])[O-].O=[N+]([O-])[O-].[Mn+2].[Ni+2]. The molecular weight excluding hydrogens is 238 g/mol. The van der Waals surface area contributed by atoms with Gasteiger partial charge < -0.3 is 30.6 Å². The van der Waals surface area contributed by atoms with Crippen LogP contribution in [-0.4, -0.2) is 10.2 Å². The molecule has 0 heterocycles. The minimum atomic E-state index is -1.75. The van der Waals surface area contributed by atoms with E-state index in [1.54, 1.807) is 0 Å². The van der Waals surface area contributed by atoms with Gasteiger partial charge in [0.2, 0.25) is 0 Å². The van der Waals surface area contributed by atoms with Gasteiger partial charge in [-0.05, 0) is 0 Å². The van der Waals surface area contributed by atoms with Crippen LogP contribution in [0, 0.1) is 30.6 Å².